The maximum Gasteiger partial charge on any atom is 0.151 e. The fourth-order valence-corrected chi connectivity index (χ4v) is 2.29. The van der Waals surface area contributed by atoms with Crippen molar-refractivity contribution in [1.29, 1.82) is 5.41 Å². The third-order valence-electron chi connectivity index (χ3n) is 2.10. The van der Waals surface area contributed by atoms with E-state index in [2.05, 4.69) is 6.92 Å². The largest absolute Gasteiger partial charge is 0.379 e. The molecule has 0 unspecified atom stereocenters. The summed E-state index contributed by atoms with van der Waals surface area (Å²) >= 11 is 7.46. The Morgan fingerprint density at radius 1 is 1.53 bits per heavy atom. The van der Waals surface area contributed by atoms with Crippen LogP contribution in [0.2, 0.25) is 5.02 Å². The average molecular weight is 243 g/mol. The quantitative estimate of drug-likeness (QED) is 0.628. The molecule has 2 nitrogen and oxygen atoms in total. The van der Waals surface area contributed by atoms with Gasteiger partial charge in [0.15, 0.2) is 5.17 Å². The zero-order chi connectivity index (χ0) is 11.3. The third kappa shape index (κ3) is 3.76. The molecule has 0 spiro atoms. The molecule has 15 heavy (non-hydrogen) atoms. The smallest absolute Gasteiger partial charge is 0.151 e. The molecule has 0 aliphatic carbocycles. The Hall–Kier alpha value is -0.670. The van der Waals surface area contributed by atoms with Gasteiger partial charge in [-0.15, -0.1) is 0 Å². The van der Waals surface area contributed by atoms with Crippen LogP contribution in [0.5, 0.6) is 0 Å². The van der Waals surface area contributed by atoms with Gasteiger partial charge >= 0.3 is 0 Å². The van der Waals surface area contributed by atoms with Crippen LogP contribution in [-0.2, 0) is 12.2 Å². The van der Waals surface area contributed by atoms with Gasteiger partial charge in [0, 0.05) is 10.8 Å². The first-order valence-corrected chi connectivity index (χ1v) is 6.24. The van der Waals surface area contributed by atoms with Gasteiger partial charge in [-0.2, -0.15) is 0 Å². The lowest BCUT2D eigenvalue weighted by Gasteiger charge is -2.09. The first kappa shape index (κ1) is 12.4. The molecule has 0 radical (unpaired) electrons. The number of rotatable bonds is 4. The highest BCUT2D eigenvalue weighted by molar-refractivity contribution is 8.13. The van der Waals surface area contributed by atoms with E-state index in [4.69, 9.17) is 22.7 Å². The van der Waals surface area contributed by atoms with Gasteiger partial charge in [0.2, 0.25) is 0 Å². The third-order valence-corrected chi connectivity index (χ3v) is 3.22. The highest BCUT2D eigenvalue weighted by Crippen LogP contribution is 2.24. The predicted octanol–water partition coefficient (Wildman–Crippen LogP) is 3.42. The molecule has 0 atom stereocenters. The van der Waals surface area contributed by atoms with Crippen LogP contribution in [0.25, 0.3) is 0 Å². The molecule has 0 saturated heterocycles. The number of nitrogens with two attached hydrogens (primary N) is 1. The molecule has 1 aromatic rings. The molecule has 0 saturated carbocycles. The Kier molecular flexibility index (Phi) is 4.99. The molecule has 1 rings (SSSR count). The summed E-state index contributed by atoms with van der Waals surface area (Å²) < 4.78 is 0. The summed E-state index contributed by atoms with van der Waals surface area (Å²) in [6, 6.07) is 5.90. The first-order valence-electron chi connectivity index (χ1n) is 4.88. The maximum atomic E-state index is 7.18. The van der Waals surface area contributed by atoms with Crippen molar-refractivity contribution in [3.05, 3.63) is 34.3 Å². The van der Waals surface area contributed by atoms with E-state index in [0.29, 0.717) is 0 Å². The van der Waals surface area contributed by atoms with Crippen molar-refractivity contribution in [2.24, 2.45) is 5.73 Å². The minimum Gasteiger partial charge on any atom is -0.379 e. The predicted molar refractivity (Wildman–Crippen MR) is 68.7 cm³/mol. The van der Waals surface area contributed by atoms with Gasteiger partial charge < -0.3 is 5.73 Å². The zero-order valence-corrected chi connectivity index (χ0v) is 10.3. The van der Waals surface area contributed by atoms with Crippen molar-refractivity contribution in [2.45, 2.75) is 25.5 Å². The van der Waals surface area contributed by atoms with E-state index in [1.807, 2.05) is 18.2 Å². The monoisotopic (exact) mass is 242 g/mol. The van der Waals surface area contributed by atoms with E-state index in [-0.39, 0.29) is 5.17 Å². The van der Waals surface area contributed by atoms with E-state index in [0.717, 1.165) is 23.6 Å². The first-order chi connectivity index (χ1) is 7.15. The van der Waals surface area contributed by atoms with Crippen molar-refractivity contribution in [2.75, 3.05) is 0 Å². The Balaban J connectivity index is 2.85. The summed E-state index contributed by atoms with van der Waals surface area (Å²) in [6.07, 6.45) is 2.05. The van der Waals surface area contributed by atoms with E-state index in [1.54, 1.807) is 0 Å². The van der Waals surface area contributed by atoms with Crippen molar-refractivity contribution in [3.8, 4) is 0 Å². The highest BCUT2D eigenvalue weighted by Gasteiger charge is 2.06. The van der Waals surface area contributed by atoms with Crippen molar-refractivity contribution in [3.63, 3.8) is 0 Å². The van der Waals surface area contributed by atoms with E-state index >= 15 is 0 Å². The number of amidine groups is 1. The Morgan fingerprint density at radius 2 is 2.27 bits per heavy atom. The summed E-state index contributed by atoms with van der Waals surface area (Å²) in [5.41, 5.74) is 7.69. The minimum absolute atomic E-state index is 0.150. The number of benzene rings is 1. The van der Waals surface area contributed by atoms with E-state index in [9.17, 15) is 0 Å². The summed E-state index contributed by atoms with van der Waals surface area (Å²) in [6.45, 7) is 2.13. The molecule has 3 N–H and O–H groups in total. The zero-order valence-electron chi connectivity index (χ0n) is 8.72. The lowest BCUT2D eigenvalue weighted by Crippen LogP contribution is -2.04. The molecule has 0 fully saturated rings. The van der Waals surface area contributed by atoms with Crippen LogP contribution < -0.4 is 5.73 Å². The van der Waals surface area contributed by atoms with Gasteiger partial charge in [0.05, 0.1) is 0 Å². The van der Waals surface area contributed by atoms with Crippen LogP contribution in [-0.4, -0.2) is 5.17 Å². The maximum absolute atomic E-state index is 7.18. The molecular formula is C11H15ClN2S. The number of halogens is 1. The summed E-state index contributed by atoms with van der Waals surface area (Å²) in [7, 11) is 0. The van der Waals surface area contributed by atoms with Gasteiger partial charge in [-0.1, -0.05) is 48.8 Å². The van der Waals surface area contributed by atoms with Gasteiger partial charge in [0.1, 0.15) is 0 Å². The molecule has 0 amide bonds. The van der Waals surface area contributed by atoms with Gasteiger partial charge in [-0.05, 0) is 23.6 Å². The van der Waals surface area contributed by atoms with Crippen LogP contribution in [0, 0.1) is 5.41 Å². The molecule has 0 aliphatic rings. The van der Waals surface area contributed by atoms with E-state index in [1.165, 1.54) is 22.9 Å². The molecule has 0 heterocycles. The second kappa shape index (κ2) is 6.03. The topological polar surface area (TPSA) is 49.9 Å². The summed E-state index contributed by atoms with van der Waals surface area (Å²) in [5.74, 6) is 0.727. The van der Waals surface area contributed by atoms with Gasteiger partial charge in [-0.25, -0.2) is 0 Å². The second-order valence-electron chi connectivity index (χ2n) is 3.28. The molecule has 0 bridgehead atoms. The fourth-order valence-electron chi connectivity index (χ4n) is 1.42. The summed E-state index contributed by atoms with van der Waals surface area (Å²) in [5, 5.41) is 8.15. The van der Waals surface area contributed by atoms with E-state index < -0.39 is 0 Å². The minimum atomic E-state index is 0.150. The van der Waals surface area contributed by atoms with Crippen LogP contribution in [0.4, 0.5) is 0 Å². The van der Waals surface area contributed by atoms with Gasteiger partial charge in [0.25, 0.3) is 0 Å². The Bertz CT molecular complexity index is 352. The van der Waals surface area contributed by atoms with Crippen LogP contribution in [0.15, 0.2) is 18.2 Å². The normalized spacial score (nSPS) is 10.3. The number of thioether (sulfide) groups is 1. The number of nitrogens with one attached hydrogen (secondary N) is 1. The lowest BCUT2D eigenvalue weighted by molar-refractivity contribution is 0.911. The fraction of sp³-hybridized carbons (Fsp3) is 0.364. The summed E-state index contributed by atoms with van der Waals surface area (Å²) in [4.78, 5) is 0. The van der Waals surface area contributed by atoms with Crippen LogP contribution in [0.3, 0.4) is 0 Å². The van der Waals surface area contributed by atoms with Crippen molar-refractivity contribution >= 4 is 28.5 Å². The average Bonchev–Trinajstić information content (AvgIpc) is 2.19. The molecular weight excluding hydrogens is 228 g/mol. The van der Waals surface area contributed by atoms with Gasteiger partial charge in [-0.3, -0.25) is 5.41 Å². The van der Waals surface area contributed by atoms with Crippen LogP contribution >= 0.6 is 23.4 Å². The number of hydrogen-bond acceptors (Lipinski definition) is 2. The standard InChI is InChI=1S/C11H15ClN2S/c1-2-4-9-8(7-15-11(13)14)5-3-6-10(9)12/h3,5-6H,2,4,7H2,1H3,(H3,13,14). The highest BCUT2D eigenvalue weighted by atomic mass is 35.5. The van der Waals surface area contributed by atoms with Crippen molar-refractivity contribution in [1.82, 2.24) is 0 Å². The second-order valence-corrected chi connectivity index (χ2v) is 4.70. The molecule has 1 aromatic carbocycles. The molecule has 82 valence electrons. The molecule has 0 aromatic heterocycles. The van der Waals surface area contributed by atoms with Crippen LogP contribution in [0.1, 0.15) is 24.5 Å². The molecule has 0 aliphatic heterocycles. The number of hydrogen-bond donors (Lipinski definition) is 2. The Labute approximate surface area is 99.7 Å². The lowest BCUT2D eigenvalue weighted by atomic mass is 10.0. The SMILES string of the molecule is CCCc1c(Cl)cccc1CSC(=N)N. The Morgan fingerprint density at radius 3 is 2.87 bits per heavy atom. The molecule has 4 heteroatoms. The van der Waals surface area contributed by atoms with Crippen molar-refractivity contribution < 1.29 is 0 Å².